The summed E-state index contributed by atoms with van der Waals surface area (Å²) in [6.45, 7) is 0. The topological polar surface area (TPSA) is 188 Å². The molecule has 0 heterocycles. The van der Waals surface area contributed by atoms with Crippen LogP contribution in [0.4, 0.5) is 0 Å². The van der Waals surface area contributed by atoms with Gasteiger partial charge < -0.3 is 40.4 Å². The van der Waals surface area contributed by atoms with Gasteiger partial charge in [0, 0.05) is 0 Å². The van der Waals surface area contributed by atoms with Crippen LogP contribution in [0.25, 0.3) is 0 Å². The van der Waals surface area contributed by atoms with Crippen molar-refractivity contribution >= 4 is 59.2 Å². The molecule has 0 aromatic heterocycles. The van der Waals surface area contributed by atoms with E-state index in [-0.39, 0.29) is 51.4 Å². The Morgan fingerprint density at radius 3 is 1.50 bits per heavy atom. The molecule has 12 heteroatoms. The second kappa shape index (κ2) is 6.51. The van der Waals surface area contributed by atoms with E-state index in [1.165, 1.54) is 0 Å². The van der Waals surface area contributed by atoms with Crippen LogP contribution in [-0.4, -0.2) is 128 Å². The van der Waals surface area contributed by atoms with Crippen LogP contribution in [0, 0.1) is 0 Å². The molecule has 8 N–H and O–H groups in total. The summed E-state index contributed by atoms with van der Waals surface area (Å²) in [4.78, 5) is 17.0. The molecule has 18 heavy (non-hydrogen) atoms. The van der Waals surface area contributed by atoms with Crippen molar-refractivity contribution in [2.24, 2.45) is 0 Å². The third kappa shape index (κ3) is 3.78. The van der Waals surface area contributed by atoms with Crippen molar-refractivity contribution in [2.75, 3.05) is 0 Å². The van der Waals surface area contributed by atoms with Crippen LogP contribution in [0.15, 0.2) is 0 Å². The zero-order chi connectivity index (χ0) is 13.6. The quantitative estimate of drug-likeness (QED) is 0.139. The number of aliphatic hydroxyl groups is 6. The van der Waals surface area contributed by atoms with E-state index in [0.29, 0.717) is 0 Å². The van der Waals surface area contributed by atoms with Crippen molar-refractivity contribution < 1.29 is 49.5 Å². The molecule has 0 saturated heterocycles. The summed E-state index contributed by atoms with van der Waals surface area (Å²) in [5.41, 5.74) is 0. The van der Waals surface area contributed by atoms with Crippen LogP contribution in [0.3, 0.4) is 0 Å². The van der Waals surface area contributed by atoms with E-state index >= 15 is 0 Å². The predicted molar refractivity (Wildman–Crippen MR) is 55.3 cm³/mol. The minimum absolute atomic E-state index is 0. The summed E-state index contributed by atoms with van der Waals surface area (Å²) in [6.07, 6.45) is -11.2. The van der Waals surface area contributed by atoms with Gasteiger partial charge in [0.1, 0.15) is 30.5 Å². The van der Waals surface area contributed by atoms with E-state index in [9.17, 15) is 30.1 Å². The molecule has 1 fully saturated rings. The number of rotatable bonds is 2. The van der Waals surface area contributed by atoms with Gasteiger partial charge in [0.05, 0.1) is 0 Å². The van der Waals surface area contributed by atoms with Crippen molar-refractivity contribution in [1.82, 2.24) is 0 Å². The fraction of sp³-hybridized carbons (Fsp3) is 1.00. The zero-order valence-corrected chi connectivity index (χ0v) is 9.12. The average Bonchev–Trinajstić information content (AvgIpc) is 2.19. The molecule has 0 aromatic rings. The van der Waals surface area contributed by atoms with Crippen LogP contribution in [0.5, 0.6) is 0 Å². The summed E-state index contributed by atoms with van der Waals surface area (Å²) in [6, 6.07) is 0. The van der Waals surface area contributed by atoms with Gasteiger partial charge in [0.25, 0.3) is 0 Å². The first-order valence-corrected chi connectivity index (χ1v) is 5.92. The van der Waals surface area contributed by atoms with Gasteiger partial charge in [-0.2, -0.15) is 0 Å². The molecule has 0 spiro atoms. The number of hydrogen-bond donors (Lipinski definition) is 8. The maximum atomic E-state index is 10.6. The maximum absolute atomic E-state index is 10.6. The average molecular weight is 316 g/mol. The van der Waals surface area contributed by atoms with Crippen LogP contribution in [0.1, 0.15) is 0 Å². The van der Waals surface area contributed by atoms with E-state index in [1.807, 2.05) is 0 Å². The molecule has 1 saturated carbocycles. The second-order valence-electron chi connectivity index (χ2n) is 3.70. The second-order valence-corrected chi connectivity index (χ2v) is 4.86. The summed E-state index contributed by atoms with van der Waals surface area (Å²) >= 11 is 0. The van der Waals surface area contributed by atoms with Crippen LogP contribution < -0.4 is 0 Å². The molecule has 0 bridgehead atoms. The molecule has 0 unspecified atom stereocenters. The summed E-state index contributed by atoms with van der Waals surface area (Å²) in [5.74, 6) is -3.31. The summed E-state index contributed by atoms with van der Waals surface area (Å²) < 4.78 is 14.3. The molecule has 6 atom stereocenters. The van der Waals surface area contributed by atoms with E-state index in [2.05, 4.69) is 4.52 Å². The Labute approximate surface area is 143 Å². The molecular weight excluding hydrogens is 302 g/mol. The Morgan fingerprint density at radius 1 is 0.889 bits per heavy atom. The SMILES string of the molecule is O=P(O)(O)O[C@]1(O)[C@H](O)[C@H](O)[C@@H](O)[C@H](O)[C@H]1O.[KH]. The molecule has 10 nitrogen and oxygen atoms in total. The Kier molecular flexibility index (Phi) is 7.06. The molecule has 0 aromatic carbocycles. The summed E-state index contributed by atoms with van der Waals surface area (Å²) in [5, 5.41) is 55.7. The molecule has 0 amide bonds. The van der Waals surface area contributed by atoms with E-state index in [1.54, 1.807) is 0 Å². The molecule has 1 aliphatic rings. The summed E-state index contributed by atoms with van der Waals surface area (Å²) in [7, 11) is -5.32. The van der Waals surface area contributed by atoms with Gasteiger partial charge in [-0.15, -0.1) is 0 Å². The third-order valence-corrected chi connectivity index (χ3v) is 2.99. The van der Waals surface area contributed by atoms with Gasteiger partial charge in [-0.3, -0.25) is 0 Å². The fourth-order valence-electron chi connectivity index (χ4n) is 1.54. The third-order valence-electron chi connectivity index (χ3n) is 2.46. The van der Waals surface area contributed by atoms with Crippen molar-refractivity contribution in [3.63, 3.8) is 0 Å². The fourth-order valence-corrected chi connectivity index (χ4v) is 2.14. The molecule has 0 aliphatic heterocycles. The molecule has 1 aliphatic carbocycles. The van der Waals surface area contributed by atoms with Crippen molar-refractivity contribution in [1.29, 1.82) is 0 Å². The first-order chi connectivity index (χ1) is 7.50. The van der Waals surface area contributed by atoms with Crippen LogP contribution in [-0.2, 0) is 9.09 Å². The van der Waals surface area contributed by atoms with Crippen molar-refractivity contribution in [3.05, 3.63) is 0 Å². The number of phosphoric ester groups is 1. The monoisotopic (exact) mass is 316 g/mol. The Bertz CT molecular complexity index is 316. The van der Waals surface area contributed by atoms with E-state index in [0.717, 1.165) is 0 Å². The minimum atomic E-state index is -5.32. The molecule has 1 rings (SSSR count). The Morgan fingerprint density at radius 2 is 1.22 bits per heavy atom. The Hall–Kier alpha value is 1.51. The zero-order valence-electron chi connectivity index (χ0n) is 8.23. The Balaban J connectivity index is 0.00000289. The first-order valence-electron chi connectivity index (χ1n) is 4.39. The predicted octanol–water partition coefficient (Wildman–Crippen LogP) is -5.05. The number of hydrogen-bond acceptors (Lipinski definition) is 8. The standard InChI is InChI=1S/C6H13O10P.K.H/c7-1-2(8)4(10)6(12,5(11)3(1)9)16-17(13,14)15;;/h1-5,7-12H,(H2,13,14,15);;/t1-,2-,3+,4-,5-,6-;;/m1../s1. The normalized spacial score (nSPS) is 45.4. The van der Waals surface area contributed by atoms with E-state index < -0.39 is 44.1 Å². The van der Waals surface area contributed by atoms with Gasteiger partial charge in [0.2, 0.25) is 5.79 Å². The van der Waals surface area contributed by atoms with E-state index in [4.69, 9.17) is 14.9 Å². The first kappa shape index (κ1) is 19.5. The number of aliphatic hydroxyl groups excluding tert-OH is 5. The molecule has 0 radical (unpaired) electrons. The molecular formula is C6H14KO10P. The van der Waals surface area contributed by atoms with Gasteiger partial charge in [0.15, 0.2) is 0 Å². The number of phosphoric acid groups is 1. The van der Waals surface area contributed by atoms with Crippen molar-refractivity contribution in [2.45, 2.75) is 36.3 Å². The van der Waals surface area contributed by atoms with Crippen LogP contribution in [0.2, 0.25) is 0 Å². The van der Waals surface area contributed by atoms with Gasteiger partial charge >= 0.3 is 59.2 Å². The van der Waals surface area contributed by atoms with Crippen LogP contribution >= 0.6 is 7.82 Å². The van der Waals surface area contributed by atoms with Gasteiger partial charge in [-0.1, -0.05) is 0 Å². The van der Waals surface area contributed by atoms with Gasteiger partial charge in [-0.25, -0.2) is 9.09 Å². The molecule has 104 valence electrons. The van der Waals surface area contributed by atoms with Crippen molar-refractivity contribution in [3.8, 4) is 0 Å². The van der Waals surface area contributed by atoms with Gasteiger partial charge in [-0.05, 0) is 0 Å².